The van der Waals surface area contributed by atoms with Crippen LogP contribution in [-0.2, 0) is 0 Å². The molecule has 0 radical (unpaired) electrons. The van der Waals surface area contributed by atoms with Gasteiger partial charge in [-0.1, -0.05) is 23.5 Å². The number of benzene rings is 2. The first-order valence-electron chi connectivity index (χ1n) is 12.2. The smallest absolute Gasteiger partial charge is 0.184 e. The molecule has 4 aromatic rings. The zero-order valence-electron chi connectivity index (χ0n) is 22.5. The van der Waals surface area contributed by atoms with Crippen LogP contribution in [0.2, 0.25) is 0 Å². The predicted octanol–water partition coefficient (Wildman–Crippen LogP) is 4.82. The van der Waals surface area contributed by atoms with Crippen molar-refractivity contribution in [3.8, 4) is 26.9 Å². The number of aliphatic hydroxyl groups is 1. The van der Waals surface area contributed by atoms with Gasteiger partial charge in [-0.25, -0.2) is 18.7 Å². The van der Waals surface area contributed by atoms with E-state index in [0.717, 1.165) is 17.2 Å². The van der Waals surface area contributed by atoms with E-state index in [1.807, 2.05) is 13.8 Å². The fourth-order valence-corrected chi connectivity index (χ4v) is 5.21. The molecular weight excluding hydrogens is 558 g/mol. The average molecular weight is 591 g/mol. The number of nitrogens with one attached hydrogen (secondary N) is 3. The lowest BCUT2D eigenvalue weighted by Crippen LogP contribution is -2.50. The fourth-order valence-electron chi connectivity index (χ4n) is 3.36. The van der Waals surface area contributed by atoms with E-state index in [4.69, 9.17) is 10.5 Å². The summed E-state index contributed by atoms with van der Waals surface area (Å²) in [5, 5.41) is 21.9. The lowest BCUT2D eigenvalue weighted by molar-refractivity contribution is 0.112. The number of halogens is 2. The first-order valence-corrected chi connectivity index (χ1v) is 13.9. The second-order valence-electron chi connectivity index (χ2n) is 9.04. The molecule has 13 heteroatoms. The minimum atomic E-state index is -0.664. The SMILES string of the molecule is CNc1cc(-c2csc(-c3cnc(NC(C)(C)NCC(O)CN)s3)n2)c(F)cc1F.COc1cccc(C=O)c1. The topological polar surface area (TPSA) is 134 Å². The number of methoxy groups -OCH3 is 1. The van der Waals surface area contributed by atoms with Gasteiger partial charge in [-0.15, -0.1) is 11.3 Å². The molecule has 0 aliphatic rings. The molecule has 0 aliphatic carbocycles. The number of nitrogens with zero attached hydrogens (tertiary/aromatic N) is 2. The molecule has 4 rings (SSSR count). The number of thiazole rings is 2. The molecule has 0 saturated carbocycles. The molecular formula is C27H32F2N6O3S2. The number of aromatic nitrogens is 2. The van der Waals surface area contributed by atoms with E-state index in [1.54, 1.807) is 50.0 Å². The zero-order valence-corrected chi connectivity index (χ0v) is 24.1. The summed E-state index contributed by atoms with van der Waals surface area (Å²) in [5.74, 6) is -0.602. The molecule has 0 aliphatic heterocycles. The van der Waals surface area contributed by atoms with Crippen molar-refractivity contribution in [1.82, 2.24) is 15.3 Å². The first-order chi connectivity index (χ1) is 19.1. The highest BCUT2D eigenvalue weighted by atomic mass is 32.1. The normalized spacial score (nSPS) is 11.8. The van der Waals surface area contributed by atoms with E-state index < -0.39 is 23.4 Å². The highest BCUT2D eigenvalue weighted by Gasteiger charge is 2.21. The third-order valence-corrected chi connectivity index (χ3v) is 7.45. The van der Waals surface area contributed by atoms with Crippen molar-refractivity contribution < 1.29 is 23.4 Å². The Morgan fingerprint density at radius 2 is 2.00 bits per heavy atom. The molecule has 1 atom stereocenters. The molecule has 0 spiro atoms. The van der Waals surface area contributed by atoms with E-state index in [-0.39, 0.29) is 17.8 Å². The van der Waals surface area contributed by atoms with Crippen LogP contribution >= 0.6 is 22.7 Å². The van der Waals surface area contributed by atoms with Crippen molar-refractivity contribution in [3.63, 3.8) is 0 Å². The third-order valence-electron chi connectivity index (χ3n) is 5.52. The van der Waals surface area contributed by atoms with Crippen LogP contribution in [0.5, 0.6) is 5.75 Å². The van der Waals surface area contributed by atoms with Crippen molar-refractivity contribution in [1.29, 1.82) is 0 Å². The Morgan fingerprint density at radius 1 is 1.23 bits per heavy atom. The molecule has 214 valence electrons. The molecule has 1 unspecified atom stereocenters. The van der Waals surface area contributed by atoms with Crippen molar-refractivity contribution in [2.45, 2.75) is 25.6 Å². The van der Waals surface area contributed by atoms with Gasteiger partial charge in [0.2, 0.25) is 0 Å². The van der Waals surface area contributed by atoms with Crippen molar-refractivity contribution in [3.05, 3.63) is 65.2 Å². The predicted molar refractivity (Wildman–Crippen MR) is 157 cm³/mol. The summed E-state index contributed by atoms with van der Waals surface area (Å²) in [6.07, 6.45) is 1.87. The number of ether oxygens (including phenoxy) is 1. The highest BCUT2D eigenvalue weighted by molar-refractivity contribution is 7.23. The maximum atomic E-state index is 14.3. The van der Waals surface area contributed by atoms with Crippen LogP contribution in [0.4, 0.5) is 19.6 Å². The maximum absolute atomic E-state index is 14.3. The van der Waals surface area contributed by atoms with E-state index >= 15 is 0 Å². The number of carbonyl (C=O) groups is 1. The Kier molecular flexibility index (Phi) is 11.0. The number of carbonyl (C=O) groups excluding carboxylic acids is 1. The summed E-state index contributed by atoms with van der Waals surface area (Å²) in [5.41, 5.74) is 6.43. The fraction of sp³-hybridized carbons (Fsp3) is 0.296. The number of nitrogens with two attached hydrogens (primary N) is 1. The number of aldehydes is 1. The summed E-state index contributed by atoms with van der Waals surface area (Å²) in [6.45, 7) is 4.38. The molecule has 0 amide bonds. The Morgan fingerprint density at radius 3 is 2.67 bits per heavy atom. The van der Waals surface area contributed by atoms with Gasteiger partial charge in [-0.2, -0.15) is 0 Å². The summed E-state index contributed by atoms with van der Waals surface area (Å²) >= 11 is 2.77. The molecule has 2 aromatic heterocycles. The molecule has 9 nitrogen and oxygen atoms in total. The number of hydrogen-bond acceptors (Lipinski definition) is 11. The second-order valence-corrected chi connectivity index (χ2v) is 10.9. The maximum Gasteiger partial charge on any atom is 0.184 e. The number of aliphatic hydroxyl groups excluding tert-OH is 1. The Labute approximate surface area is 239 Å². The summed E-state index contributed by atoms with van der Waals surface area (Å²) in [4.78, 5) is 19.9. The van der Waals surface area contributed by atoms with Gasteiger partial charge in [-0.05, 0) is 32.0 Å². The van der Waals surface area contributed by atoms with Crippen molar-refractivity contribution in [2.24, 2.45) is 5.73 Å². The minimum Gasteiger partial charge on any atom is -0.497 e. The molecule has 0 fully saturated rings. The molecule has 0 saturated heterocycles. The van der Waals surface area contributed by atoms with E-state index in [2.05, 4.69) is 25.9 Å². The van der Waals surface area contributed by atoms with E-state index in [0.29, 0.717) is 33.7 Å². The van der Waals surface area contributed by atoms with Gasteiger partial charge in [0, 0.05) is 42.7 Å². The van der Waals surface area contributed by atoms with Gasteiger partial charge in [0.1, 0.15) is 28.7 Å². The highest BCUT2D eigenvalue weighted by Crippen LogP contribution is 2.36. The lowest BCUT2D eigenvalue weighted by Gasteiger charge is -2.28. The Balaban J connectivity index is 0.000000371. The monoisotopic (exact) mass is 590 g/mol. The summed E-state index contributed by atoms with van der Waals surface area (Å²) < 4.78 is 32.9. The number of anilines is 2. The number of hydrogen-bond donors (Lipinski definition) is 5. The summed E-state index contributed by atoms with van der Waals surface area (Å²) in [6, 6.07) is 9.26. The average Bonchev–Trinajstić information content (AvgIpc) is 3.62. The molecule has 2 heterocycles. The van der Waals surface area contributed by atoms with Crippen LogP contribution in [0.1, 0.15) is 24.2 Å². The first kappa shape index (κ1) is 31.0. The van der Waals surface area contributed by atoms with Crippen LogP contribution in [-0.4, -0.2) is 60.4 Å². The largest absolute Gasteiger partial charge is 0.497 e. The van der Waals surface area contributed by atoms with Gasteiger partial charge in [0.05, 0.1) is 41.3 Å². The van der Waals surface area contributed by atoms with Crippen LogP contribution in [0.15, 0.2) is 48.0 Å². The lowest BCUT2D eigenvalue weighted by atomic mass is 10.1. The quantitative estimate of drug-likeness (QED) is 0.123. The molecule has 40 heavy (non-hydrogen) atoms. The Hall–Kier alpha value is -3.49. The summed E-state index contributed by atoms with van der Waals surface area (Å²) in [7, 11) is 3.15. The standard InChI is InChI=1S/C19H24F2N6OS2.C8H8O2/c1-19(2,25-7-10(28)6-22)27-18-24-8-16(30-18)17-26-15(9-29-17)11-4-14(23-3)13(21)5-12(11)20;1-10-8-4-2-3-7(5-8)6-9/h4-5,8-10,23,25,28H,6-7,22H2,1-3H3,(H,24,27);2-6H,1H3. The molecule has 2 aromatic carbocycles. The van der Waals surface area contributed by atoms with Gasteiger partial charge in [0.15, 0.2) is 5.13 Å². The van der Waals surface area contributed by atoms with E-state index in [9.17, 15) is 18.7 Å². The van der Waals surface area contributed by atoms with Crippen LogP contribution < -0.4 is 26.4 Å². The van der Waals surface area contributed by atoms with Gasteiger partial charge in [0.25, 0.3) is 0 Å². The van der Waals surface area contributed by atoms with Gasteiger partial charge in [-0.3, -0.25) is 10.1 Å². The van der Waals surface area contributed by atoms with Crippen LogP contribution in [0.3, 0.4) is 0 Å². The van der Waals surface area contributed by atoms with Crippen LogP contribution in [0.25, 0.3) is 21.1 Å². The van der Waals surface area contributed by atoms with Gasteiger partial charge < -0.3 is 26.2 Å². The molecule has 0 bridgehead atoms. The second kappa shape index (κ2) is 14.2. The molecule has 6 N–H and O–H groups in total. The Bertz CT molecular complexity index is 1410. The van der Waals surface area contributed by atoms with Gasteiger partial charge >= 0.3 is 0 Å². The van der Waals surface area contributed by atoms with Crippen molar-refractivity contribution >= 4 is 39.8 Å². The van der Waals surface area contributed by atoms with Crippen LogP contribution in [0, 0.1) is 11.6 Å². The van der Waals surface area contributed by atoms with E-state index in [1.165, 1.54) is 28.7 Å². The van der Waals surface area contributed by atoms with Crippen molar-refractivity contribution in [2.75, 3.05) is 37.9 Å². The third kappa shape index (κ3) is 8.50. The minimum absolute atomic E-state index is 0.182. The zero-order chi connectivity index (χ0) is 29.3. The number of rotatable bonds is 11.